The van der Waals surface area contributed by atoms with Gasteiger partial charge in [-0.25, -0.2) is 0 Å². The average molecular weight is 429 g/mol. The lowest BCUT2D eigenvalue weighted by Gasteiger charge is -2.26. The number of ketones is 1. The summed E-state index contributed by atoms with van der Waals surface area (Å²) in [5.74, 6) is 0.256. The van der Waals surface area contributed by atoms with Crippen LogP contribution < -0.4 is 0 Å². The lowest BCUT2D eigenvalue weighted by molar-refractivity contribution is 0.0979. The van der Waals surface area contributed by atoms with Crippen LogP contribution in [0, 0.1) is 0 Å². The molecule has 32 heavy (non-hydrogen) atoms. The van der Waals surface area contributed by atoms with E-state index in [9.17, 15) is 4.79 Å². The zero-order chi connectivity index (χ0) is 22.2. The molecule has 2 aromatic carbocycles. The van der Waals surface area contributed by atoms with Gasteiger partial charge in [-0.1, -0.05) is 56.2 Å². The zero-order valence-corrected chi connectivity index (χ0v) is 19.4. The number of carbonyl (C=O) groups is 1. The Morgan fingerprint density at radius 3 is 2.69 bits per heavy atom. The third-order valence-electron chi connectivity index (χ3n) is 6.68. The molecule has 168 valence electrons. The molecule has 1 aromatic heterocycles. The van der Waals surface area contributed by atoms with Gasteiger partial charge in [-0.15, -0.1) is 0 Å². The van der Waals surface area contributed by atoms with E-state index in [1.807, 2.05) is 12.1 Å². The van der Waals surface area contributed by atoms with E-state index >= 15 is 0 Å². The monoisotopic (exact) mass is 428 g/mol. The highest BCUT2D eigenvalue weighted by Crippen LogP contribution is 2.30. The number of hydrogen-bond acceptors (Lipinski definition) is 2. The minimum absolute atomic E-state index is 0.256. The third kappa shape index (κ3) is 5.77. The molecule has 0 fully saturated rings. The Morgan fingerprint density at radius 1 is 1.03 bits per heavy atom. The quantitative estimate of drug-likeness (QED) is 0.262. The number of Topliss-reactive ketones (excluding diaryl/α,β-unsaturated/α-hetero) is 1. The maximum Gasteiger partial charge on any atom is 0.162 e. The molecule has 2 heterocycles. The van der Waals surface area contributed by atoms with E-state index in [1.165, 1.54) is 47.9 Å². The molecule has 0 atom stereocenters. The van der Waals surface area contributed by atoms with Crippen molar-refractivity contribution in [2.45, 2.75) is 58.3 Å². The van der Waals surface area contributed by atoms with Crippen molar-refractivity contribution in [1.82, 2.24) is 9.88 Å². The maximum atomic E-state index is 12.8. The molecule has 3 nitrogen and oxygen atoms in total. The van der Waals surface area contributed by atoms with Gasteiger partial charge in [0.25, 0.3) is 0 Å². The summed E-state index contributed by atoms with van der Waals surface area (Å²) in [7, 11) is 0. The number of H-pyrrole nitrogens is 1. The van der Waals surface area contributed by atoms with Crippen molar-refractivity contribution in [1.29, 1.82) is 0 Å². The molecule has 4 rings (SSSR count). The van der Waals surface area contributed by atoms with Crippen molar-refractivity contribution >= 4 is 22.3 Å². The first-order valence-electron chi connectivity index (χ1n) is 12.3. The smallest absolute Gasteiger partial charge is 0.162 e. The van der Waals surface area contributed by atoms with E-state index in [2.05, 4.69) is 65.5 Å². The summed E-state index contributed by atoms with van der Waals surface area (Å²) >= 11 is 0. The summed E-state index contributed by atoms with van der Waals surface area (Å²) in [5.41, 5.74) is 5.99. The van der Waals surface area contributed by atoms with Crippen molar-refractivity contribution in [3.63, 3.8) is 0 Å². The molecule has 0 unspecified atom stereocenters. The number of carbonyl (C=O) groups excluding carboxylic acids is 1. The van der Waals surface area contributed by atoms with E-state index in [0.717, 1.165) is 49.9 Å². The summed E-state index contributed by atoms with van der Waals surface area (Å²) in [6.07, 6.45) is 13.1. The second-order valence-corrected chi connectivity index (χ2v) is 9.07. The Balaban J connectivity index is 1.36. The Kier molecular flexibility index (Phi) is 7.95. The second-order valence-electron chi connectivity index (χ2n) is 9.07. The second kappa shape index (κ2) is 11.3. The van der Waals surface area contributed by atoms with Crippen molar-refractivity contribution < 1.29 is 4.79 Å². The van der Waals surface area contributed by atoms with Gasteiger partial charge >= 0.3 is 0 Å². The number of aromatic amines is 1. The molecule has 0 amide bonds. The summed E-state index contributed by atoms with van der Waals surface area (Å²) in [6.45, 7) is 5.62. The molecular formula is C29H36N2O. The summed E-state index contributed by atoms with van der Waals surface area (Å²) in [4.78, 5) is 18.8. The van der Waals surface area contributed by atoms with E-state index < -0.39 is 0 Å². The van der Waals surface area contributed by atoms with Crippen LogP contribution in [0.25, 0.3) is 16.5 Å². The van der Waals surface area contributed by atoms with Crippen LogP contribution >= 0.6 is 0 Å². The number of nitrogens with zero attached hydrogens (tertiary/aromatic N) is 1. The Labute approximate surface area is 192 Å². The van der Waals surface area contributed by atoms with Crippen LogP contribution in [0.4, 0.5) is 0 Å². The minimum atomic E-state index is 0.256. The molecule has 0 saturated heterocycles. The lowest BCUT2D eigenvalue weighted by Crippen LogP contribution is -2.29. The molecule has 1 aliphatic rings. The molecule has 0 bridgehead atoms. The third-order valence-corrected chi connectivity index (χ3v) is 6.68. The predicted octanol–water partition coefficient (Wildman–Crippen LogP) is 7.04. The molecule has 3 heteroatoms. The average Bonchev–Trinajstić information content (AvgIpc) is 3.26. The topological polar surface area (TPSA) is 36.1 Å². The standard InChI is InChI=1S/C29H36N2O/c1-2-3-9-18-31-19-16-24(17-20-31)27-22-30-28-15-14-25(21-26(27)28)29(32)13-8-7-12-23-10-5-4-6-11-23/h4-6,10-11,14-16,21-22,30H,2-3,7-9,12-13,17-20H2,1H3. The Bertz CT molecular complexity index is 1050. The number of aromatic nitrogens is 1. The van der Waals surface area contributed by atoms with Gasteiger partial charge in [0.05, 0.1) is 0 Å². The first kappa shape index (κ1) is 22.5. The number of benzene rings is 2. The summed E-state index contributed by atoms with van der Waals surface area (Å²) in [5, 5.41) is 1.19. The van der Waals surface area contributed by atoms with E-state index in [4.69, 9.17) is 0 Å². The maximum absolute atomic E-state index is 12.8. The Morgan fingerprint density at radius 2 is 1.91 bits per heavy atom. The van der Waals surface area contributed by atoms with Crippen molar-refractivity contribution in [2.75, 3.05) is 19.6 Å². The van der Waals surface area contributed by atoms with Crippen LogP contribution in [-0.2, 0) is 6.42 Å². The van der Waals surface area contributed by atoms with Crippen molar-refractivity contribution in [3.8, 4) is 0 Å². The van der Waals surface area contributed by atoms with E-state index in [1.54, 1.807) is 0 Å². The SMILES string of the molecule is CCCCCN1CC=C(c2c[nH]c3ccc(C(=O)CCCCc4ccccc4)cc23)CC1. The van der Waals surface area contributed by atoms with Gasteiger partial charge in [-0.3, -0.25) is 9.69 Å². The molecule has 0 saturated carbocycles. The van der Waals surface area contributed by atoms with Crippen LogP contribution in [-0.4, -0.2) is 35.3 Å². The van der Waals surface area contributed by atoms with Crippen LogP contribution in [0.3, 0.4) is 0 Å². The summed E-state index contributed by atoms with van der Waals surface area (Å²) < 4.78 is 0. The van der Waals surface area contributed by atoms with Gasteiger partial charge in [0, 0.05) is 47.7 Å². The van der Waals surface area contributed by atoms with Crippen LogP contribution in [0.1, 0.15) is 73.4 Å². The first-order chi connectivity index (χ1) is 15.7. The number of aryl methyl sites for hydroxylation is 1. The largest absolute Gasteiger partial charge is 0.361 e. The number of rotatable bonds is 11. The fourth-order valence-electron chi connectivity index (χ4n) is 4.71. The highest BCUT2D eigenvalue weighted by Gasteiger charge is 2.16. The fourth-order valence-corrected chi connectivity index (χ4v) is 4.71. The molecule has 0 spiro atoms. The van der Waals surface area contributed by atoms with Gasteiger partial charge in [0.15, 0.2) is 5.78 Å². The van der Waals surface area contributed by atoms with Crippen LogP contribution in [0.2, 0.25) is 0 Å². The molecule has 3 aromatic rings. The van der Waals surface area contributed by atoms with Crippen molar-refractivity contribution in [2.24, 2.45) is 0 Å². The summed E-state index contributed by atoms with van der Waals surface area (Å²) in [6, 6.07) is 16.7. The number of hydrogen-bond donors (Lipinski definition) is 1. The zero-order valence-electron chi connectivity index (χ0n) is 19.4. The first-order valence-corrected chi connectivity index (χ1v) is 12.3. The number of fused-ring (bicyclic) bond motifs is 1. The minimum Gasteiger partial charge on any atom is -0.361 e. The molecule has 0 radical (unpaired) electrons. The lowest BCUT2D eigenvalue weighted by atomic mass is 9.96. The normalized spacial score (nSPS) is 14.6. The fraction of sp³-hybridized carbons (Fsp3) is 0.414. The molecule has 1 N–H and O–H groups in total. The van der Waals surface area contributed by atoms with E-state index in [0.29, 0.717) is 6.42 Å². The van der Waals surface area contributed by atoms with Crippen molar-refractivity contribution in [3.05, 3.63) is 77.5 Å². The molecule has 0 aliphatic carbocycles. The Hall–Kier alpha value is -2.65. The van der Waals surface area contributed by atoms with Gasteiger partial charge < -0.3 is 4.98 Å². The predicted molar refractivity (Wildman–Crippen MR) is 135 cm³/mol. The van der Waals surface area contributed by atoms with Gasteiger partial charge in [0.1, 0.15) is 0 Å². The number of unbranched alkanes of at least 4 members (excludes halogenated alkanes) is 3. The van der Waals surface area contributed by atoms with Gasteiger partial charge in [0.2, 0.25) is 0 Å². The highest BCUT2D eigenvalue weighted by atomic mass is 16.1. The van der Waals surface area contributed by atoms with Gasteiger partial charge in [-0.05, 0) is 68.0 Å². The number of nitrogens with one attached hydrogen (secondary N) is 1. The van der Waals surface area contributed by atoms with Crippen LogP contribution in [0.15, 0.2) is 60.8 Å². The highest BCUT2D eigenvalue weighted by molar-refractivity contribution is 6.02. The molecular weight excluding hydrogens is 392 g/mol. The van der Waals surface area contributed by atoms with E-state index in [-0.39, 0.29) is 5.78 Å². The molecule has 1 aliphatic heterocycles. The van der Waals surface area contributed by atoms with Crippen LogP contribution in [0.5, 0.6) is 0 Å². The van der Waals surface area contributed by atoms with Gasteiger partial charge in [-0.2, -0.15) is 0 Å².